The highest BCUT2D eigenvalue weighted by Crippen LogP contribution is 2.57. The van der Waals surface area contributed by atoms with Gasteiger partial charge in [0.15, 0.2) is 11.5 Å². The maximum absolute atomic E-state index is 11.8. The fraction of sp³-hybridized carbons (Fsp3) is 0.682. The molecule has 0 N–H and O–H groups in total. The molecule has 2 atom stereocenters. The maximum Gasteiger partial charge on any atom is 0.161 e. The van der Waals surface area contributed by atoms with Crippen molar-refractivity contribution >= 4 is 5.78 Å². The minimum absolute atomic E-state index is 0.209. The van der Waals surface area contributed by atoms with Crippen molar-refractivity contribution in [2.45, 2.75) is 62.8 Å². The predicted octanol–water partition coefficient (Wildman–Crippen LogP) is 3.96. The van der Waals surface area contributed by atoms with Gasteiger partial charge in [-0.2, -0.15) is 0 Å². The summed E-state index contributed by atoms with van der Waals surface area (Å²) in [6, 6.07) is 7.06. The van der Waals surface area contributed by atoms with Gasteiger partial charge in [0.2, 0.25) is 0 Å². The smallest absolute Gasteiger partial charge is 0.161 e. The van der Waals surface area contributed by atoms with E-state index in [1.54, 1.807) is 14.2 Å². The summed E-state index contributed by atoms with van der Waals surface area (Å²) in [6.45, 7) is 1.15. The SMILES string of the molecule is COc1ccc([C@]23CCN(C)[C@H]2CC2(CCC(=O)CC2)CC3)cc1OC. The van der Waals surface area contributed by atoms with E-state index in [2.05, 4.69) is 30.1 Å². The van der Waals surface area contributed by atoms with E-state index in [-0.39, 0.29) is 5.41 Å². The molecule has 3 aliphatic rings. The number of benzene rings is 1. The van der Waals surface area contributed by atoms with Crippen LogP contribution in [0.3, 0.4) is 0 Å². The lowest BCUT2D eigenvalue weighted by Crippen LogP contribution is -2.50. The molecule has 142 valence electrons. The molecule has 0 bridgehead atoms. The molecule has 26 heavy (non-hydrogen) atoms. The number of methoxy groups -OCH3 is 2. The number of hydrogen-bond donors (Lipinski definition) is 0. The van der Waals surface area contributed by atoms with E-state index in [0.29, 0.717) is 17.2 Å². The molecule has 0 unspecified atom stereocenters. The number of nitrogens with zero attached hydrogens (tertiary/aromatic N) is 1. The first-order valence-corrected chi connectivity index (χ1v) is 9.96. The molecule has 1 aromatic carbocycles. The van der Waals surface area contributed by atoms with Crippen molar-refractivity contribution in [3.8, 4) is 11.5 Å². The van der Waals surface area contributed by atoms with Crippen LogP contribution in [0.2, 0.25) is 0 Å². The third-order valence-electron chi connectivity index (χ3n) is 7.64. The van der Waals surface area contributed by atoms with Crippen molar-refractivity contribution in [3.05, 3.63) is 23.8 Å². The number of carbonyl (C=O) groups is 1. The van der Waals surface area contributed by atoms with E-state index < -0.39 is 0 Å². The van der Waals surface area contributed by atoms with Gasteiger partial charge in [-0.15, -0.1) is 0 Å². The Morgan fingerprint density at radius 2 is 1.73 bits per heavy atom. The fourth-order valence-electron chi connectivity index (χ4n) is 5.90. The Bertz CT molecular complexity index is 691. The van der Waals surface area contributed by atoms with Crippen LogP contribution < -0.4 is 9.47 Å². The van der Waals surface area contributed by atoms with Crippen molar-refractivity contribution in [3.63, 3.8) is 0 Å². The van der Waals surface area contributed by atoms with Crippen molar-refractivity contribution < 1.29 is 14.3 Å². The number of ketones is 1. The average molecular weight is 357 g/mol. The molecular weight excluding hydrogens is 326 g/mol. The Morgan fingerprint density at radius 3 is 2.42 bits per heavy atom. The highest BCUT2D eigenvalue weighted by Gasteiger charge is 2.54. The van der Waals surface area contributed by atoms with E-state index in [0.717, 1.165) is 43.7 Å². The number of rotatable bonds is 3. The second-order valence-electron chi connectivity index (χ2n) is 8.72. The van der Waals surface area contributed by atoms with Gasteiger partial charge in [-0.3, -0.25) is 4.79 Å². The molecule has 4 heteroatoms. The first-order chi connectivity index (χ1) is 12.5. The zero-order valence-corrected chi connectivity index (χ0v) is 16.3. The van der Waals surface area contributed by atoms with Gasteiger partial charge in [0, 0.05) is 24.3 Å². The monoisotopic (exact) mass is 357 g/mol. The normalized spacial score (nSPS) is 31.0. The van der Waals surface area contributed by atoms with Crippen LogP contribution in [0.1, 0.15) is 56.9 Å². The van der Waals surface area contributed by atoms with Crippen LogP contribution in [0, 0.1) is 5.41 Å². The lowest BCUT2D eigenvalue weighted by atomic mass is 9.55. The Kier molecular flexibility index (Phi) is 4.50. The number of fused-ring (bicyclic) bond motifs is 1. The van der Waals surface area contributed by atoms with Crippen molar-refractivity contribution in [2.75, 3.05) is 27.8 Å². The van der Waals surface area contributed by atoms with Crippen LogP contribution >= 0.6 is 0 Å². The predicted molar refractivity (Wildman–Crippen MR) is 102 cm³/mol. The van der Waals surface area contributed by atoms with Crippen LogP contribution in [-0.4, -0.2) is 44.5 Å². The number of carbonyl (C=O) groups excluding carboxylic acids is 1. The lowest BCUT2D eigenvalue weighted by Gasteiger charge is -2.51. The molecule has 2 saturated carbocycles. The van der Waals surface area contributed by atoms with Crippen molar-refractivity contribution in [2.24, 2.45) is 5.41 Å². The third-order valence-corrected chi connectivity index (χ3v) is 7.64. The lowest BCUT2D eigenvalue weighted by molar-refractivity contribution is -0.123. The van der Waals surface area contributed by atoms with E-state index in [1.165, 1.54) is 31.2 Å². The van der Waals surface area contributed by atoms with Gasteiger partial charge in [-0.05, 0) is 75.2 Å². The van der Waals surface area contributed by atoms with E-state index in [1.807, 2.05) is 0 Å². The van der Waals surface area contributed by atoms with Crippen LogP contribution in [0.25, 0.3) is 0 Å². The quantitative estimate of drug-likeness (QED) is 0.821. The fourth-order valence-corrected chi connectivity index (χ4v) is 5.90. The van der Waals surface area contributed by atoms with Crippen LogP contribution in [0.4, 0.5) is 0 Å². The summed E-state index contributed by atoms with van der Waals surface area (Å²) in [5, 5.41) is 0. The van der Waals surface area contributed by atoms with E-state index in [4.69, 9.17) is 9.47 Å². The zero-order valence-electron chi connectivity index (χ0n) is 16.3. The largest absolute Gasteiger partial charge is 0.493 e. The van der Waals surface area contributed by atoms with Gasteiger partial charge >= 0.3 is 0 Å². The minimum Gasteiger partial charge on any atom is -0.493 e. The third kappa shape index (κ3) is 2.74. The van der Waals surface area contributed by atoms with Crippen LogP contribution in [0.5, 0.6) is 11.5 Å². The molecule has 0 amide bonds. The molecule has 3 fully saturated rings. The summed E-state index contributed by atoms with van der Waals surface area (Å²) in [7, 11) is 5.68. The highest BCUT2D eigenvalue weighted by atomic mass is 16.5. The first kappa shape index (κ1) is 17.8. The highest BCUT2D eigenvalue weighted by molar-refractivity contribution is 5.79. The van der Waals surface area contributed by atoms with Crippen LogP contribution in [0.15, 0.2) is 18.2 Å². The number of hydrogen-bond acceptors (Lipinski definition) is 4. The van der Waals surface area contributed by atoms with Gasteiger partial charge in [-0.25, -0.2) is 0 Å². The molecule has 1 saturated heterocycles. The Labute approximate surface area is 156 Å². The minimum atomic E-state index is 0.209. The number of likely N-dealkylation sites (tertiary alicyclic amines) is 1. The van der Waals surface area contributed by atoms with Crippen molar-refractivity contribution in [1.29, 1.82) is 0 Å². The Morgan fingerprint density at radius 1 is 1.00 bits per heavy atom. The van der Waals surface area contributed by atoms with Crippen LogP contribution in [-0.2, 0) is 10.2 Å². The molecular formula is C22H31NO3. The second-order valence-corrected chi connectivity index (χ2v) is 8.72. The van der Waals surface area contributed by atoms with Gasteiger partial charge < -0.3 is 14.4 Å². The zero-order chi connectivity index (χ0) is 18.4. The Balaban J connectivity index is 1.66. The van der Waals surface area contributed by atoms with Gasteiger partial charge in [-0.1, -0.05) is 6.07 Å². The molecule has 2 aliphatic carbocycles. The summed E-state index contributed by atoms with van der Waals surface area (Å²) in [4.78, 5) is 14.3. The van der Waals surface area contributed by atoms with Gasteiger partial charge in [0.1, 0.15) is 5.78 Å². The van der Waals surface area contributed by atoms with E-state index >= 15 is 0 Å². The number of likely N-dealkylation sites (N-methyl/N-ethyl adjacent to an activating group) is 1. The second kappa shape index (κ2) is 6.56. The molecule has 4 rings (SSSR count). The molecule has 0 aromatic heterocycles. The van der Waals surface area contributed by atoms with Gasteiger partial charge in [0.25, 0.3) is 0 Å². The molecule has 4 nitrogen and oxygen atoms in total. The number of Topliss-reactive ketones (excluding diaryl/α,β-unsaturated/α-hetero) is 1. The Hall–Kier alpha value is -1.55. The summed E-state index contributed by atoms with van der Waals surface area (Å²) in [5.74, 6) is 2.09. The number of ether oxygens (including phenoxy) is 2. The first-order valence-electron chi connectivity index (χ1n) is 9.96. The van der Waals surface area contributed by atoms with Crippen molar-refractivity contribution in [1.82, 2.24) is 4.90 Å². The van der Waals surface area contributed by atoms with Gasteiger partial charge in [0.05, 0.1) is 14.2 Å². The topological polar surface area (TPSA) is 38.8 Å². The molecule has 1 spiro atoms. The summed E-state index contributed by atoms with van der Waals surface area (Å²) >= 11 is 0. The summed E-state index contributed by atoms with van der Waals surface area (Å²) in [6.07, 6.45) is 8.67. The molecule has 1 aliphatic heterocycles. The standard InChI is InChI=1S/C22H31NO3/c1-23-13-12-22(16-4-5-18(25-2)19(14-16)26-3)11-10-21(15-20(22)23)8-6-17(24)7-9-21/h4-5,14,20H,6-13,15H2,1-3H3/t20-,22-/m0/s1. The summed E-state index contributed by atoms with van der Waals surface area (Å²) in [5.41, 5.74) is 1.99. The molecule has 1 heterocycles. The molecule has 0 radical (unpaired) electrons. The maximum atomic E-state index is 11.8. The molecule has 1 aromatic rings. The van der Waals surface area contributed by atoms with E-state index in [9.17, 15) is 4.79 Å². The summed E-state index contributed by atoms with van der Waals surface area (Å²) < 4.78 is 11.0. The average Bonchev–Trinajstić information content (AvgIpc) is 3.01.